The number of hydrogen-bond acceptors (Lipinski definition) is 5. The molecule has 0 fully saturated rings. The summed E-state index contributed by atoms with van der Waals surface area (Å²) in [6, 6.07) is 4.93. The summed E-state index contributed by atoms with van der Waals surface area (Å²) in [5.41, 5.74) is 0.184. The lowest BCUT2D eigenvalue weighted by molar-refractivity contribution is -0.385. The smallest absolute Gasteiger partial charge is 0.312 e. The van der Waals surface area contributed by atoms with E-state index < -0.39 is 16.8 Å². The molecule has 0 aliphatic rings. The van der Waals surface area contributed by atoms with Crippen molar-refractivity contribution >= 4 is 21.6 Å². The molecule has 1 aromatic carbocycles. The predicted octanol–water partition coefficient (Wildman–Crippen LogP) is 3.74. The van der Waals surface area contributed by atoms with Gasteiger partial charge in [0.25, 0.3) is 0 Å². The third-order valence-corrected chi connectivity index (χ3v) is 3.26. The summed E-state index contributed by atoms with van der Waals surface area (Å²) in [6.45, 7) is 1.58. The number of pyridine rings is 1. The van der Waals surface area contributed by atoms with Gasteiger partial charge in [0.1, 0.15) is 5.82 Å². The second kappa shape index (κ2) is 6.15. The van der Waals surface area contributed by atoms with Crippen LogP contribution in [0.4, 0.5) is 10.1 Å². The largest absolute Gasteiger partial charge is 0.432 e. The summed E-state index contributed by atoms with van der Waals surface area (Å²) in [7, 11) is 0. The summed E-state index contributed by atoms with van der Waals surface area (Å²) < 4.78 is 18.7. The Balaban J connectivity index is 2.34. The molecule has 6 nitrogen and oxygen atoms in total. The second-order valence-electron chi connectivity index (χ2n) is 4.20. The van der Waals surface area contributed by atoms with Gasteiger partial charge in [0.15, 0.2) is 0 Å². The zero-order valence-electron chi connectivity index (χ0n) is 10.8. The van der Waals surface area contributed by atoms with E-state index in [2.05, 4.69) is 20.9 Å². The normalized spacial score (nSPS) is 12.0. The minimum absolute atomic E-state index is 0.0287. The van der Waals surface area contributed by atoms with Crippen molar-refractivity contribution in [1.29, 1.82) is 0 Å². The number of nitro groups is 1. The van der Waals surface area contributed by atoms with E-state index in [0.29, 0.717) is 5.56 Å². The number of ether oxygens (including phenoxy) is 1. The fourth-order valence-electron chi connectivity index (χ4n) is 1.55. The maximum atomic E-state index is 13.5. The Morgan fingerprint density at radius 1 is 1.48 bits per heavy atom. The number of aliphatic hydroxyl groups is 1. The lowest BCUT2D eigenvalue weighted by Crippen LogP contribution is -1.97. The number of aromatic nitrogens is 1. The van der Waals surface area contributed by atoms with Gasteiger partial charge in [0, 0.05) is 24.4 Å². The molecule has 0 bridgehead atoms. The van der Waals surface area contributed by atoms with Crippen molar-refractivity contribution in [3.05, 3.63) is 56.4 Å². The van der Waals surface area contributed by atoms with Crippen LogP contribution in [0.2, 0.25) is 0 Å². The number of nitro benzene ring substituents is 1. The molecule has 0 radical (unpaired) electrons. The summed E-state index contributed by atoms with van der Waals surface area (Å²) in [4.78, 5) is 14.2. The van der Waals surface area contributed by atoms with Crippen LogP contribution in [-0.4, -0.2) is 15.0 Å². The molecule has 0 saturated carbocycles. The fourth-order valence-corrected chi connectivity index (χ4v) is 1.89. The third-order valence-electron chi connectivity index (χ3n) is 2.65. The predicted molar refractivity (Wildman–Crippen MR) is 75.7 cm³/mol. The van der Waals surface area contributed by atoms with Crippen molar-refractivity contribution < 1.29 is 19.2 Å². The molecule has 110 valence electrons. The third kappa shape index (κ3) is 3.53. The van der Waals surface area contributed by atoms with E-state index in [1.165, 1.54) is 12.3 Å². The van der Waals surface area contributed by atoms with E-state index in [4.69, 9.17) is 4.74 Å². The van der Waals surface area contributed by atoms with Gasteiger partial charge in [-0.3, -0.25) is 10.1 Å². The van der Waals surface area contributed by atoms with Crippen LogP contribution in [0.3, 0.4) is 0 Å². The quantitative estimate of drug-likeness (QED) is 0.666. The van der Waals surface area contributed by atoms with Gasteiger partial charge >= 0.3 is 5.69 Å². The average molecular weight is 357 g/mol. The Bertz CT molecular complexity index is 677. The molecule has 0 amide bonds. The first kappa shape index (κ1) is 15.3. The van der Waals surface area contributed by atoms with Crippen molar-refractivity contribution in [2.24, 2.45) is 0 Å². The number of rotatable bonds is 4. The van der Waals surface area contributed by atoms with E-state index in [1.807, 2.05) is 0 Å². The number of hydrogen-bond donors (Lipinski definition) is 1. The summed E-state index contributed by atoms with van der Waals surface area (Å²) >= 11 is 2.88. The molecule has 0 saturated heterocycles. The molecule has 2 aromatic rings. The first-order valence-electron chi connectivity index (χ1n) is 5.84. The Labute approximate surface area is 127 Å². The monoisotopic (exact) mass is 356 g/mol. The fraction of sp³-hybridized carbons (Fsp3) is 0.154. The first-order chi connectivity index (χ1) is 9.88. The summed E-state index contributed by atoms with van der Waals surface area (Å²) in [6.07, 6.45) is 0.687. The van der Waals surface area contributed by atoms with Crippen molar-refractivity contribution in [3.8, 4) is 11.6 Å². The van der Waals surface area contributed by atoms with Crippen LogP contribution in [-0.2, 0) is 0 Å². The molecule has 1 atom stereocenters. The molecular weight excluding hydrogens is 347 g/mol. The number of nitrogens with zero attached hydrogens (tertiary/aromatic N) is 2. The van der Waals surface area contributed by atoms with E-state index in [1.54, 1.807) is 13.0 Å². The summed E-state index contributed by atoms with van der Waals surface area (Å²) in [5.74, 6) is -0.876. The van der Waals surface area contributed by atoms with Gasteiger partial charge < -0.3 is 9.84 Å². The van der Waals surface area contributed by atoms with Crippen molar-refractivity contribution in [2.45, 2.75) is 13.0 Å². The molecule has 1 aromatic heterocycles. The van der Waals surface area contributed by atoms with Crippen LogP contribution >= 0.6 is 15.9 Å². The number of benzene rings is 1. The van der Waals surface area contributed by atoms with Crippen molar-refractivity contribution in [1.82, 2.24) is 4.98 Å². The summed E-state index contributed by atoms with van der Waals surface area (Å²) in [5, 5.41) is 20.3. The Morgan fingerprint density at radius 3 is 2.71 bits per heavy atom. The maximum Gasteiger partial charge on any atom is 0.312 e. The molecule has 1 heterocycles. The molecule has 0 unspecified atom stereocenters. The van der Waals surface area contributed by atoms with Gasteiger partial charge in [-0.15, -0.1) is 0 Å². The van der Waals surface area contributed by atoms with Crippen LogP contribution < -0.4 is 4.74 Å². The lowest BCUT2D eigenvalue weighted by atomic mass is 10.2. The Kier molecular flexibility index (Phi) is 4.49. The molecule has 2 rings (SSSR count). The minimum atomic E-state index is -0.689. The highest BCUT2D eigenvalue weighted by Crippen LogP contribution is 2.35. The van der Waals surface area contributed by atoms with Crippen LogP contribution in [0.25, 0.3) is 0 Å². The highest BCUT2D eigenvalue weighted by Gasteiger charge is 2.20. The van der Waals surface area contributed by atoms with Crippen LogP contribution in [0.15, 0.2) is 34.9 Å². The molecule has 0 aliphatic carbocycles. The van der Waals surface area contributed by atoms with Gasteiger partial charge in [-0.05, 0) is 34.5 Å². The molecule has 0 aliphatic heterocycles. The number of aliphatic hydroxyl groups excluding tert-OH is 1. The zero-order valence-corrected chi connectivity index (χ0v) is 12.4. The number of halogens is 2. The standard InChI is InChI=1S/C13H10BrFN2O4/c1-7(18)8-2-3-13(16-6-8)21-12-5-10(15)9(14)4-11(12)17(19)20/h2-7,18H,1H3/t7-/m1/s1. The first-order valence-corrected chi connectivity index (χ1v) is 6.63. The minimum Gasteiger partial charge on any atom is -0.432 e. The van der Waals surface area contributed by atoms with Gasteiger partial charge in [-0.2, -0.15) is 0 Å². The SMILES string of the molecule is C[C@@H](O)c1ccc(Oc2cc(F)c(Br)cc2[N+](=O)[O-])nc1. The molecule has 0 spiro atoms. The van der Waals surface area contributed by atoms with Gasteiger partial charge in [0.2, 0.25) is 11.6 Å². The van der Waals surface area contributed by atoms with Gasteiger partial charge in [0.05, 0.1) is 15.5 Å². The van der Waals surface area contributed by atoms with E-state index in [0.717, 1.165) is 12.1 Å². The second-order valence-corrected chi connectivity index (χ2v) is 5.05. The van der Waals surface area contributed by atoms with Gasteiger partial charge in [-0.25, -0.2) is 9.37 Å². The van der Waals surface area contributed by atoms with Gasteiger partial charge in [-0.1, -0.05) is 0 Å². The highest BCUT2D eigenvalue weighted by atomic mass is 79.9. The van der Waals surface area contributed by atoms with E-state index in [-0.39, 0.29) is 21.8 Å². The average Bonchev–Trinajstić information content (AvgIpc) is 2.43. The van der Waals surface area contributed by atoms with Crippen molar-refractivity contribution in [2.75, 3.05) is 0 Å². The zero-order chi connectivity index (χ0) is 15.6. The molecule has 21 heavy (non-hydrogen) atoms. The van der Waals surface area contributed by atoms with Crippen LogP contribution in [0, 0.1) is 15.9 Å². The Morgan fingerprint density at radius 2 is 2.19 bits per heavy atom. The molecule has 1 N–H and O–H groups in total. The maximum absolute atomic E-state index is 13.5. The van der Waals surface area contributed by atoms with E-state index in [9.17, 15) is 19.6 Å². The molecule has 8 heteroatoms. The Hall–Kier alpha value is -2.06. The van der Waals surface area contributed by atoms with Crippen LogP contribution in [0.5, 0.6) is 11.6 Å². The van der Waals surface area contributed by atoms with Crippen molar-refractivity contribution in [3.63, 3.8) is 0 Å². The molecular formula is C13H10BrFN2O4. The highest BCUT2D eigenvalue weighted by molar-refractivity contribution is 9.10. The topological polar surface area (TPSA) is 85.5 Å². The lowest BCUT2D eigenvalue weighted by Gasteiger charge is -2.08. The van der Waals surface area contributed by atoms with E-state index >= 15 is 0 Å². The van der Waals surface area contributed by atoms with Crippen LogP contribution in [0.1, 0.15) is 18.6 Å².